The van der Waals surface area contributed by atoms with E-state index in [1.54, 1.807) is 0 Å². The summed E-state index contributed by atoms with van der Waals surface area (Å²) in [5.74, 6) is 0. The van der Waals surface area contributed by atoms with Crippen LogP contribution in [-0.4, -0.2) is 5.12 Å². The van der Waals surface area contributed by atoms with Crippen molar-refractivity contribution in [3.8, 4) is 11.1 Å². The zero-order valence-electron chi connectivity index (χ0n) is 9.88. The van der Waals surface area contributed by atoms with Gasteiger partial charge in [0.1, 0.15) is 0 Å². The smallest absolute Gasteiger partial charge is 0.141 e. The van der Waals surface area contributed by atoms with Crippen LogP contribution in [0.15, 0.2) is 64.8 Å². The van der Waals surface area contributed by atoms with Crippen LogP contribution in [0, 0.1) is 0 Å². The molecule has 0 amide bonds. The molecule has 2 aromatic rings. The van der Waals surface area contributed by atoms with Gasteiger partial charge in [-0.25, -0.2) is 0 Å². The van der Waals surface area contributed by atoms with E-state index >= 15 is 0 Å². The van der Waals surface area contributed by atoms with E-state index < -0.39 is 5.12 Å². The number of hydrogen-bond donors (Lipinski definition) is 0. The Morgan fingerprint density at radius 1 is 0.833 bits per heavy atom. The first-order chi connectivity index (χ1) is 8.75. The Morgan fingerprint density at radius 3 is 2.06 bits per heavy atom. The molecule has 0 spiro atoms. The van der Waals surface area contributed by atoms with Crippen molar-refractivity contribution in [1.82, 2.24) is 0 Å². The minimum absolute atomic E-state index is 0.613. The predicted octanol–water partition coefficient (Wildman–Crippen LogP) is 4.64. The quantitative estimate of drug-likeness (QED) is 0.562. The summed E-state index contributed by atoms with van der Waals surface area (Å²) in [7, 11) is 0. The molecule has 0 aromatic heterocycles. The van der Waals surface area contributed by atoms with Crippen LogP contribution in [0.2, 0.25) is 0 Å². The Kier molecular flexibility index (Phi) is 2.88. The van der Waals surface area contributed by atoms with E-state index in [2.05, 4.69) is 58.8 Å². The molecule has 90 valence electrons. The molecule has 1 aliphatic rings. The molecular formula is C15H13ClN2. The molecular weight excluding hydrogens is 244 g/mol. The van der Waals surface area contributed by atoms with E-state index in [-0.39, 0.29) is 0 Å². The molecule has 0 saturated carbocycles. The molecule has 0 saturated heterocycles. The van der Waals surface area contributed by atoms with Gasteiger partial charge in [0.15, 0.2) is 0 Å². The second-order valence-electron chi connectivity index (χ2n) is 4.48. The van der Waals surface area contributed by atoms with Gasteiger partial charge in [-0.3, -0.25) is 0 Å². The Morgan fingerprint density at radius 2 is 1.44 bits per heavy atom. The van der Waals surface area contributed by atoms with E-state index in [0.29, 0.717) is 0 Å². The fourth-order valence-corrected chi connectivity index (χ4v) is 2.08. The lowest BCUT2D eigenvalue weighted by Crippen LogP contribution is -2.01. The Balaban J connectivity index is 1.69. The van der Waals surface area contributed by atoms with Crippen molar-refractivity contribution in [2.45, 2.75) is 18.0 Å². The molecule has 3 heteroatoms. The van der Waals surface area contributed by atoms with Crippen LogP contribution in [0.4, 0.5) is 0 Å². The normalized spacial score (nSPS) is 15.6. The van der Waals surface area contributed by atoms with E-state index in [0.717, 1.165) is 12.8 Å². The van der Waals surface area contributed by atoms with Gasteiger partial charge in [-0.15, -0.1) is 10.2 Å². The summed E-state index contributed by atoms with van der Waals surface area (Å²) in [6.07, 6.45) is 1.69. The highest BCUT2D eigenvalue weighted by Gasteiger charge is 2.36. The molecule has 2 aromatic carbocycles. The van der Waals surface area contributed by atoms with Gasteiger partial charge in [0, 0.05) is 6.42 Å². The van der Waals surface area contributed by atoms with Crippen molar-refractivity contribution < 1.29 is 0 Å². The van der Waals surface area contributed by atoms with Crippen LogP contribution in [0.3, 0.4) is 0 Å². The molecule has 0 aliphatic carbocycles. The number of alkyl halides is 1. The van der Waals surface area contributed by atoms with Crippen LogP contribution in [-0.2, 0) is 6.42 Å². The molecule has 0 bridgehead atoms. The van der Waals surface area contributed by atoms with Crippen molar-refractivity contribution in [1.29, 1.82) is 0 Å². The summed E-state index contributed by atoms with van der Waals surface area (Å²) < 4.78 is 0. The van der Waals surface area contributed by atoms with Gasteiger partial charge in [0.05, 0.1) is 0 Å². The Labute approximate surface area is 111 Å². The minimum Gasteiger partial charge on any atom is -0.141 e. The third-order valence-electron chi connectivity index (χ3n) is 3.11. The van der Waals surface area contributed by atoms with Crippen molar-refractivity contribution in [2.75, 3.05) is 0 Å². The first kappa shape index (κ1) is 11.4. The summed E-state index contributed by atoms with van der Waals surface area (Å²) in [5.41, 5.74) is 3.75. The number of benzene rings is 2. The van der Waals surface area contributed by atoms with E-state index in [1.807, 2.05) is 6.07 Å². The first-order valence-corrected chi connectivity index (χ1v) is 6.40. The van der Waals surface area contributed by atoms with Crippen LogP contribution in [0.1, 0.15) is 12.0 Å². The zero-order chi connectivity index (χ0) is 12.4. The first-order valence-electron chi connectivity index (χ1n) is 6.03. The zero-order valence-corrected chi connectivity index (χ0v) is 10.6. The average Bonchev–Trinajstić information content (AvgIpc) is 3.17. The highest BCUT2D eigenvalue weighted by atomic mass is 35.5. The average molecular weight is 257 g/mol. The van der Waals surface area contributed by atoms with Crippen molar-refractivity contribution in [3.05, 3.63) is 60.2 Å². The van der Waals surface area contributed by atoms with Gasteiger partial charge in [-0.1, -0.05) is 66.2 Å². The molecule has 2 nitrogen and oxygen atoms in total. The molecule has 0 radical (unpaired) electrons. The predicted molar refractivity (Wildman–Crippen MR) is 73.6 cm³/mol. The third kappa shape index (κ3) is 2.59. The number of hydrogen-bond acceptors (Lipinski definition) is 2. The van der Waals surface area contributed by atoms with Gasteiger partial charge in [0.25, 0.3) is 5.12 Å². The molecule has 0 atom stereocenters. The Bertz CT molecular complexity index is 555. The second-order valence-corrected chi connectivity index (χ2v) is 5.09. The molecule has 0 N–H and O–H groups in total. The summed E-state index contributed by atoms with van der Waals surface area (Å²) in [6.45, 7) is 0. The van der Waals surface area contributed by atoms with Gasteiger partial charge >= 0.3 is 0 Å². The van der Waals surface area contributed by atoms with Crippen molar-refractivity contribution in [2.24, 2.45) is 10.2 Å². The maximum atomic E-state index is 5.99. The Hall–Kier alpha value is -1.67. The van der Waals surface area contributed by atoms with Crippen molar-refractivity contribution >= 4 is 11.6 Å². The third-order valence-corrected chi connectivity index (χ3v) is 3.45. The van der Waals surface area contributed by atoms with Crippen molar-refractivity contribution in [3.63, 3.8) is 0 Å². The number of nitrogens with zero attached hydrogens (tertiary/aromatic N) is 2. The van der Waals surface area contributed by atoms with Crippen LogP contribution in [0.5, 0.6) is 0 Å². The number of aryl methyl sites for hydroxylation is 1. The minimum atomic E-state index is -0.613. The van der Waals surface area contributed by atoms with E-state index in [4.69, 9.17) is 11.6 Å². The lowest BCUT2D eigenvalue weighted by atomic mass is 10.0. The molecule has 1 aliphatic heterocycles. The molecule has 0 unspecified atom stereocenters. The molecule has 3 rings (SSSR count). The second kappa shape index (κ2) is 4.54. The number of halogens is 1. The lowest BCUT2D eigenvalue weighted by molar-refractivity contribution is 0.725. The highest BCUT2D eigenvalue weighted by Crippen LogP contribution is 2.37. The molecule has 1 heterocycles. The molecule has 0 fully saturated rings. The van der Waals surface area contributed by atoms with Gasteiger partial charge in [-0.05, 0) is 23.1 Å². The monoisotopic (exact) mass is 256 g/mol. The fourth-order valence-electron chi connectivity index (χ4n) is 1.95. The summed E-state index contributed by atoms with van der Waals surface area (Å²) in [4.78, 5) is 0. The number of rotatable bonds is 4. The van der Waals surface area contributed by atoms with Crippen LogP contribution >= 0.6 is 11.6 Å². The fraction of sp³-hybridized carbons (Fsp3) is 0.200. The SMILES string of the molecule is ClC1(CCc2ccc(-c3ccccc3)cc2)N=N1. The maximum absolute atomic E-state index is 5.99. The summed E-state index contributed by atoms with van der Waals surface area (Å²) in [5, 5.41) is 7.00. The largest absolute Gasteiger partial charge is 0.263 e. The summed E-state index contributed by atoms with van der Waals surface area (Å²) >= 11 is 5.99. The standard InChI is InChI=1S/C15H13ClN2/c16-15(17-18-15)11-10-12-6-8-14(9-7-12)13-4-2-1-3-5-13/h1-9H,10-11H2. The van der Waals surface area contributed by atoms with Gasteiger partial charge in [0.2, 0.25) is 0 Å². The van der Waals surface area contributed by atoms with E-state index in [1.165, 1.54) is 16.7 Å². The van der Waals surface area contributed by atoms with Gasteiger partial charge < -0.3 is 0 Å². The summed E-state index contributed by atoms with van der Waals surface area (Å²) in [6, 6.07) is 18.9. The van der Waals surface area contributed by atoms with Crippen LogP contribution < -0.4 is 0 Å². The van der Waals surface area contributed by atoms with E-state index in [9.17, 15) is 0 Å². The topological polar surface area (TPSA) is 24.7 Å². The van der Waals surface area contributed by atoms with Crippen LogP contribution in [0.25, 0.3) is 11.1 Å². The maximum Gasteiger partial charge on any atom is 0.263 e. The lowest BCUT2D eigenvalue weighted by Gasteiger charge is -2.05. The highest BCUT2D eigenvalue weighted by molar-refractivity contribution is 6.24. The van der Waals surface area contributed by atoms with Gasteiger partial charge in [-0.2, -0.15) is 0 Å². The molecule has 18 heavy (non-hydrogen) atoms.